The summed E-state index contributed by atoms with van der Waals surface area (Å²) in [7, 11) is 0. The van der Waals surface area contributed by atoms with Gasteiger partial charge in [0.05, 0.1) is 6.04 Å². The van der Waals surface area contributed by atoms with Crippen molar-refractivity contribution in [3.63, 3.8) is 0 Å². The Kier molecular flexibility index (Phi) is 4.74. The number of rotatable bonds is 4. The predicted molar refractivity (Wildman–Crippen MR) is 64.0 cm³/mol. The summed E-state index contributed by atoms with van der Waals surface area (Å²) >= 11 is 0. The van der Waals surface area contributed by atoms with Gasteiger partial charge in [-0.1, -0.05) is 20.3 Å². The lowest BCUT2D eigenvalue weighted by Crippen LogP contribution is -2.55. The standard InChI is InChI=1S/C12H24N2O2/c1-4-9(2)10(13)11(15)14-12(3)5-7-16-8-6-12/h9-10H,4-8,13H2,1-3H3,(H,14,15). The van der Waals surface area contributed by atoms with Crippen molar-refractivity contribution < 1.29 is 9.53 Å². The average Bonchev–Trinajstić information content (AvgIpc) is 2.27. The molecule has 1 heterocycles. The third-order valence-corrected chi connectivity index (χ3v) is 3.58. The first kappa shape index (κ1) is 13.5. The van der Waals surface area contributed by atoms with Crippen LogP contribution in [0.15, 0.2) is 0 Å². The summed E-state index contributed by atoms with van der Waals surface area (Å²) in [4.78, 5) is 11.9. The first-order valence-corrected chi connectivity index (χ1v) is 6.14. The molecule has 1 aliphatic rings. The normalized spacial score (nSPS) is 23.5. The lowest BCUT2D eigenvalue weighted by atomic mass is 9.91. The van der Waals surface area contributed by atoms with Crippen LogP contribution in [0.2, 0.25) is 0 Å². The van der Waals surface area contributed by atoms with Gasteiger partial charge in [0, 0.05) is 18.8 Å². The van der Waals surface area contributed by atoms with Gasteiger partial charge in [-0.05, 0) is 25.7 Å². The number of hydrogen-bond donors (Lipinski definition) is 2. The second-order valence-corrected chi connectivity index (χ2v) is 5.07. The predicted octanol–water partition coefficient (Wildman–Crippen LogP) is 1.05. The Labute approximate surface area is 97.9 Å². The number of carbonyl (C=O) groups is 1. The molecule has 1 aliphatic heterocycles. The van der Waals surface area contributed by atoms with Crippen molar-refractivity contribution in [3.8, 4) is 0 Å². The fourth-order valence-electron chi connectivity index (χ4n) is 1.84. The first-order valence-electron chi connectivity index (χ1n) is 6.14. The van der Waals surface area contributed by atoms with Crippen LogP contribution < -0.4 is 11.1 Å². The molecule has 0 aromatic rings. The molecule has 0 aromatic heterocycles. The van der Waals surface area contributed by atoms with E-state index in [4.69, 9.17) is 10.5 Å². The van der Waals surface area contributed by atoms with Crippen molar-refractivity contribution >= 4 is 5.91 Å². The molecule has 0 bridgehead atoms. The molecule has 4 nitrogen and oxygen atoms in total. The monoisotopic (exact) mass is 228 g/mol. The van der Waals surface area contributed by atoms with E-state index in [-0.39, 0.29) is 17.4 Å². The molecule has 0 saturated carbocycles. The highest BCUT2D eigenvalue weighted by Crippen LogP contribution is 2.20. The van der Waals surface area contributed by atoms with Gasteiger partial charge in [-0.15, -0.1) is 0 Å². The van der Waals surface area contributed by atoms with Crippen LogP contribution in [-0.2, 0) is 9.53 Å². The topological polar surface area (TPSA) is 64.4 Å². The van der Waals surface area contributed by atoms with Crippen molar-refractivity contribution in [1.82, 2.24) is 5.32 Å². The van der Waals surface area contributed by atoms with Gasteiger partial charge in [-0.25, -0.2) is 0 Å². The van der Waals surface area contributed by atoms with E-state index in [2.05, 4.69) is 12.2 Å². The Bertz CT molecular complexity index is 237. The number of nitrogens with two attached hydrogens (primary N) is 1. The van der Waals surface area contributed by atoms with E-state index < -0.39 is 6.04 Å². The maximum atomic E-state index is 11.9. The number of amides is 1. The van der Waals surface area contributed by atoms with Crippen LogP contribution >= 0.6 is 0 Å². The minimum absolute atomic E-state index is 0.0289. The van der Waals surface area contributed by atoms with Crippen molar-refractivity contribution in [2.24, 2.45) is 11.7 Å². The molecule has 2 atom stereocenters. The molecule has 0 aromatic carbocycles. The van der Waals surface area contributed by atoms with Gasteiger partial charge in [-0.3, -0.25) is 4.79 Å². The molecule has 0 radical (unpaired) electrons. The molecular formula is C12H24N2O2. The fraction of sp³-hybridized carbons (Fsp3) is 0.917. The summed E-state index contributed by atoms with van der Waals surface area (Å²) in [5, 5.41) is 3.07. The zero-order chi connectivity index (χ0) is 12.2. The number of hydrogen-bond acceptors (Lipinski definition) is 3. The van der Waals surface area contributed by atoms with Crippen LogP contribution in [0, 0.1) is 5.92 Å². The molecule has 4 heteroatoms. The van der Waals surface area contributed by atoms with Crippen LogP contribution in [0.1, 0.15) is 40.0 Å². The van der Waals surface area contributed by atoms with Crippen LogP contribution in [0.25, 0.3) is 0 Å². The van der Waals surface area contributed by atoms with E-state index in [1.807, 2.05) is 13.8 Å². The third-order valence-electron chi connectivity index (χ3n) is 3.58. The number of ether oxygens (including phenoxy) is 1. The van der Waals surface area contributed by atoms with E-state index in [0.29, 0.717) is 0 Å². The largest absolute Gasteiger partial charge is 0.381 e. The summed E-state index contributed by atoms with van der Waals surface area (Å²) < 4.78 is 5.29. The van der Waals surface area contributed by atoms with Gasteiger partial charge in [0.25, 0.3) is 0 Å². The quantitative estimate of drug-likeness (QED) is 0.756. The number of carbonyl (C=O) groups excluding carboxylic acids is 1. The van der Waals surface area contributed by atoms with Gasteiger partial charge >= 0.3 is 0 Å². The summed E-state index contributed by atoms with van der Waals surface area (Å²) in [5.74, 6) is 0.196. The second kappa shape index (κ2) is 5.64. The molecule has 3 N–H and O–H groups in total. The van der Waals surface area contributed by atoms with E-state index >= 15 is 0 Å². The molecule has 0 aliphatic carbocycles. The summed E-state index contributed by atoms with van der Waals surface area (Å²) in [6.07, 6.45) is 2.66. The van der Waals surface area contributed by atoms with Crippen LogP contribution in [0.4, 0.5) is 0 Å². The Morgan fingerprint density at radius 2 is 2.06 bits per heavy atom. The Hall–Kier alpha value is -0.610. The molecule has 16 heavy (non-hydrogen) atoms. The van der Waals surface area contributed by atoms with Gasteiger partial charge < -0.3 is 15.8 Å². The van der Waals surface area contributed by atoms with Crippen molar-refractivity contribution in [2.45, 2.75) is 51.6 Å². The average molecular weight is 228 g/mol. The van der Waals surface area contributed by atoms with E-state index in [9.17, 15) is 4.79 Å². The van der Waals surface area contributed by atoms with Crippen molar-refractivity contribution in [1.29, 1.82) is 0 Å². The van der Waals surface area contributed by atoms with Crippen LogP contribution in [0.5, 0.6) is 0 Å². The van der Waals surface area contributed by atoms with Crippen LogP contribution in [-0.4, -0.2) is 30.7 Å². The Morgan fingerprint density at radius 1 is 1.50 bits per heavy atom. The summed E-state index contributed by atoms with van der Waals surface area (Å²) in [6, 6.07) is -0.398. The summed E-state index contributed by atoms with van der Waals surface area (Å²) in [5.41, 5.74) is 5.77. The molecule has 1 saturated heterocycles. The van der Waals surface area contributed by atoms with Gasteiger partial charge in [0.1, 0.15) is 0 Å². The Balaban J connectivity index is 2.49. The van der Waals surface area contributed by atoms with E-state index in [1.54, 1.807) is 0 Å². The smallest absolute Gasteiger partial charge is 0.237 e. The minimum atomic E-state index is -0.398. The molecule has 1 rings (SSSR count). The zero-order valence-electron chi connectivity index (χ0n) is 10.6. The molecular weight excluding hydrogens is 204 g/mol. The van der Waals surface area contributed by atoms with Gasteiger partial charge in [-0.2, -0.15) is 0 Å². The lowest BCUT2D eigenvalue weighted by molar-refractivity contribution is -0.126. The Morgan fingerprint density at radius 3 is 2.56 bits per heavy atom. The molecule has 1 amide bonds. The molecule has 0 spiro atoms. The highest BCUT2D eigenvalue weighted by molar-refractivity contribution is 5.82. The maximum absolute atomic E-state index is 11.9. The van der Waals surface area contributed by atoms with Crippen molar-refractivity contribution in [2.75, 3.05) is 13.2 Å². The van der Waals surface area contributed by atoms with Crippen molar-refractivity contribution in [3.05, 3.63) is 0 Å². The molecule has 1 fully saturated rings. The molecule has 2 unspecified atom stereocenters. The van der Waals surface area contributed by atoms with Gasteiger partial charge in [0.15, 0.2) is 0 Å². The SMILES string of the molecule is CCC(C)C(N)C(=O)NC1(C)CCOCC1. The summed E-state index contributed by atoms with van der Waals surface area (Å²) in [6.45, 7) is 7.56. The number of nitrogens with one attached hydrogen (secondary N) is 1. The molecule has 94 valence electrons. The first-order chi connectivity index (χ1) is 7.48. The van der Waals surface area contributed by atoms with Gasteiger partial charge in [0.2, 0.25) is 5.91 Å². The highest BCUT2D eigenvalue weighted by Gasteiger charge is 2.31. The highest BCUT2D eigenvalue weighted by atomic mass is 16.5. The third kappa shape index (κ3) is 3.46. The minimum Gasteiger partial charge on any atom is -0.381 e. The zero-order valence-corrected chi connectivity index (χ0v) is 10.6. The maximum Gasteiger partial charge on any atom is 0.237 e. The van der Waals surface area contributed by atoms with Crippen LogP contribution in [0.3, 0.4) is 0 Å². The second-order valence-electron chi connectivity index (χ2n) is 5.07. The fourth-order valence-corrected chi connectivity index (χ4v) is 1.84. The lowest BCUT2D eigenvalue weighted by Gasteiger charge is -2.35. The van der Waals surface area contributed by atoms with E-state index in [1.165, 1.54) is 0 Å². The van der Waals surface area contributed by atoms with E-state index in [0.717, 1.165) is 32.5 Å².